The van der Waals surface area contributed by atoms with Gasteiger partial charge in [-0.2, -0.15) is 8.99 Å². The van der Waals surface area contributed by atoms with Crippen LogP contribution in [0.2, 0.25) is 0 Å². The molecule has 0 spiro atoms. The Morgan fingerprint density at radius 3 is 2.56 bits per heavy atom. The van der Waals surface area contributed by atoms with E-state index in [9.17, 15) is 28.1 Å². The summed E-state index contributed by atoms with van der Waals surface area (Å²) >= 11 is 0. The number of nitrogens with zero attached hydrogens (tertiary/aromatic N) is 5. The van der Waals surface area contributed by atoms with Gasteiger partial charge in [-0.3, -0.25) is 14.9 Å². The van der Waals surface area contributed by atoms with E-state index in [-0.39, 0.29) is 55.0 Å². The summed E-state index contributed by atoms with van der Waals surface area (Å²) in [6.45, 7) is -0.194. The van der Waals surface area contributed by atoms with E-state index in [0.29, 0.717) is 0 Å². The Morgan fingerprint density at radius 2 is 1.91 bits per heavy atom. The van der Waals surface area contributed by atoms with Crippen LogP contribution in [0.25, 0.3) is 11.7 Å². The number of aromatic nitrogens is 2. The zero-order valence-corrected chi connectivity index (χ0v) is 17.3. The van der Waals surface area contributed by atoms with Crippen LogP contribution < -0.4 is 5.76 Å². The van der Waals surface area contributed by atoms with E-state index in [0.717, 1.165) is 15.1 Å². The van der Waals surface area contributed by atoms with Gasteiger partial charge in [0.25, 0.3) is 11.6 Å². The molecule has 1 aromatic carbocycles. The second kappa shape index (κ2) is 8.39. The minimum atomic E-state index is -3.96. The molecule has 0 unspecified atom stereocenters. The number of sulfonamides is 1. The lowest BCUT2D eigenvalue weighted by atomic mass is 10.3. The van der Waals surface area contributed by atoms with Crippen molar-refractivity contribution >= 4 is 21.6 Å². The third kappa shape index (κ3) is 4.17. The van der Waals surface area contributed by atoms with Crippen LogP contribution in [0.15, 0.2) is 61.2 Å². The highest BCUT2D eigenvalue weighted by atomic mass is 32.2. The van der Waals surface area contributed by atoms with Crippen LogP contribution in [-0.2, 0) is 21.4 Å². The highest BCUT2D eigenvalue weighted by Gasteiger charge is 2.31. The molecular weight excluding hydrogens is 446 g/mol. The number of non-ortho nitro benzene ring substituents is 1. The third-order valence-electron chi connectivity index (χ3n) is 4.88. The van der Waals surface area contributed by atoms with E-state index in [2.05, 4.69) is 5.10 Å². The zero-order chi connectivity index (χ0) is 22.9. The first-order valence-electron chi connectivity index (χ1n) is 9.40. The van der Waals surface area contributed by atoms with Crippen LogP contribution in [-0.4, -0.2) is 64.4 Å². The summed E-state index contributed by atoms with van der Waals surface area (Å²) in [4.78, 5) is 36.0. The van der Waals surface area contributed by atoms with Crippen molar-refractivity contribution in [1.82, 2.24) is 19.0 Å². The minimum Gasteiger partial charge on any atom is -0.459 e. The largest absolute Gasteiger partial charge is 0.459 e. The first-order valence-corrected chi connectivity index (χ1v) is 10.8. The van der Waals surface area contributed by atoms with E-state index in [1.54, 1.807) is 12.1 Å². The van der Waals surface area contributed by atoms with Crippen molar-refractivity contribution < 1.29 is 27.0 Å². The van der Waals surface area contributed by atoms with Crippen LogP contribution in [0.1, 0.15) is 0 Å². The SMILES string of the molecule is O=C(Cn1nc(-c2ccco2)oc1=O)N1CCN(S(=O)(=O)c2cccc([N+](=O)[O-])c2)CC1. The van der Waals surface area contributed by atoms with Gasteiger partial charge >= 0.3 is 5.76 Å². The maximum Gasteiger partial charge on any atom is 0.437 e. The maximum atomic E-state index is 12.8. The molecule has 32 heavy (non-hydrogen) atoms. The highest BCUT2D eigenvalue weighted by molar-refractivity contribution is 7.89. The van der Waals surface area contributed by atoms with Crippen molar-refractivity contribution in [2.24, 2.45) is 0 Å². The molecule has 14 heteroatoms. The van der Waals surface area contributed by atoms with Crippen LogP contribution in [0.5, 0.6) is 0 Å². The fourth-order valence-electron chi connectivity index (χ4n) is 3.22. The quantitative estimate of drug-likeness (QED) is 0.375. The van der Waals surface area contributed by atoms with Gasteiger partial charge in [0.15, 0.2) is 5.76 Å². The molecule has 0 radical (unpaired) electrons. The van der Waals surface area contributed by atoms with Gasteiger partial charge in [0.1, 0.15) is 6.54 Å². The molecule has 1 amide bonds. The number of hydrogen-bond acceptors (Lipinski definition) is 9. The molecule has 168 valence electrons. The van der Waals surface area contributed by atoms with E-state index in [4.69, 9.17) is 8.83 Å². The molecule has 2 aromatic heterocycles. The topological polar surface area (TPSA) is 162 Å². The number of nitro benzene ring substituents is 1. The minimum absolute atomic E-state index is 0.00211. The molecule has 0 atom stereocenters. The van der Waals surface area contributed by atoms with E-state index < -0.39 is 26.6 Å². The van der Waals surface area contributed by atoms with E-state index in [1.165, 1.54) is 29.4 Å². The zero-order valence-electron chi connectivity index (χ0n) is 16.5. The Bertz CT molecular complexity index is 1300. The predicted octanol–water partition coefficient (Wildman–Crippen LogP) is 0.538. The Balaban J connectivity index is 1.40. The molecular formula is C18H17N5O8S. The molecule has 1 aliphatic rings. The molecule has 3 aromatic rings. The molecule has 0 saturated carbocycles. The third-order valence-corrected chi connectivity index (χ3v) is 6.78. The summed E-state index contributed by atoms with van der Waals surface area (Å²) in [5.41, 5.74) is -0.327. The number of carbonyl (C=O) groups excluding carboxylic acids is 1. The number of piperazine rings is 1. The molecule has 0 bridgehead atoms. The van der Waals surface area contributed by atoms with Gasteiger partial charge in [0.2, 0.25) is 15.9 Å². The van der Waals surface area contributed by atoms with Crippen LogP contribution >= 0.6 is 0 Å². The second-order valence-corrected chi connectivity index (χ2v) is 8.79. The summed E-state index contributed by atoms with van der Waals surface area (Å²) in [6.07, 6.45) is 1.39. The summed E-state index contributed by atoms with van der Waals surface area (Å²) in [5, 5.41) is 14.9. The lowest BCUT2D eigenvalue weighted by Gasteiger charge is -2.33. The smallest absolute Gasteiger partial charge is 0.437 e. The molecule has 1 aliphatic heterocycles. The monoisotopic (exact) mass is 463 g/mol. The molecule has 0 N–H and O–H groups in total. The van der Waals surface area contributed by atoms with Gasteiger partial charge < -0.3 is 13.7 Å². The van der Waals surface area contributed by atoms with Crippen LogP contribution in [0, 0.1) is 10.1 Å². The fraction of sp³-hybridized carbons (Fsp3) is 0.278. The molecule has 13 nitrogen and oxygen atoms in total. The Hall–Kier alpha value is -3.78. The number of furan rings is 1. The van der Waals surface area contributed by atoms with Crippen molar-refractivity contribution in [2.45, 2.75) is 11.4 Å². The van der Waals surface area contributed by atoms with Gasteiger partial charge in [0.05, 0.1) is 16.1 Å². The molecule has 3 heterocycles. The van der Waals surface area contributed by atoms with Crippen LogP contribution in [0.4, 0.5) is 5.69 Å². The normalized spacial score (nSPS) is 15.1. The molecule has 0 aliphatic carbocycles. The number of benzene rings is 1. The van der Waals surface area contributed by atoms with Crippen molar-refractivity contribution in [3.8, 4) is 11.7 Å². The number of amides is 1. The molecule has 1 saturated heterocycles. The van der Waals surface area contributed by atoms with Crippen molar-refractivity contribution in [3.05, 3.63) is 63.3 Å². The van der Waals surface area contributed by atoms with Gasteiger partial charge in [-0.25, -0.2) is 13.2 Å². The summed E-state index contributed by atoms with van der Waals surface area (Å²) in [6, 6.07) is 7.95. The fourth-order valence-corrected chi connectivity index (χ4v) is 4.68. The number of nitro groups is 1. The van der Waals surface area contributed by atoms with Gasteiger partial charge in [0, 0.05) is 38.3 Å². The lowest BCUT2D eigenvalue weighted by Crippen LogP contribution is -2.51. The number of carbonyl (C=O) groups is 1. The van der Waals surface area contributed by atoms with Gasteiger partial charge in [-0.05, 0) is 18.2 Å². The Labute approximate surface area is 180 Å². The van der Waals surface area contributed by atoms with E-state index in [1.807, 2.05) is 0 Å². The van der Waals surface area contributed by atoms with Gasteiger partial charge in [-0.1, -0.05) is 6.07 Å². The average Bonchev–Trinajstić information content (AvgIpc) is 3.44. The predicted molar refractivity (Wildman–Crippen MR) is 107 cm³/mol. The number of hydrogen-bond donors (Lipinski definition) is 0. The highest BCUT2D eigenvalue weighted by Crippen LogP contribution is 2.22. The number of rotatable bonds is 6. The summed E-state index contributed by atoms with van der Waals surface area (Å²) < 4.78 is 37.7. The van der Waals surface area contributed by atoms with Crippen molar-refractivity contribution in [1.29, 1.82) is 0 Å². The summed E-state index contributed by atoms with van der Waals surface area (Å²) in [5.74, 6) is -1.07. The molecule has 1 fully saturated rings. The average molecular weight is 463 g/mol. The maximum absolute atomic E-state index is 12.8. The first-order chi connectivity index (χ1) is 15.3. The van der Waals surface area contributed by atoms with Crippen molar-refractivity contribution in [3.63, 3.8) is 0 Å². The lowest BCUT2D eigenvalue weighted by molar-refractivity contribution is -0.385. The Morgan fingerprint density at radius 1 is 1.16 bits per heavy atom. The summed E-state index contributed by atoms with van der Waals surface area (Å²) in [7, 11) is -3.96. The van der Waals surface area contributed by atoms with Crippen molar-refractivity contribution in [2.75, 3.05) is 26.2 Å². The second-order valence-electron chi connectivity index (χ2n) is 6.85. The van der Waals surface area contributed by atoms with Crippen LogP contribution in [0.3, 0.4) is 0 Å². The van der Waals surface area contributed by atoms with Gasteiger partial charge in [-0.15, -0.1) is 5.10 Å². The standard InChI is InChI=1S/C18H17N5O8S/c24-16(12-22-18(25)31-17(19-22)15-5-2-10-30-15)20-6-8-21(9-7-20)32(28,29)14-4-1-3-13(11-14)23(26)27/h1-5,10-11H,6-9,12H2. The molecule has 4 rings (SSSR count). The first kappa shape index (κ1) is 21.5. The Kier molecular flexibility index (Phi) is 5.63. The van der Waals surface area contributed by atoms with E-state index >= 15 is 0 Å².